The van der Waals surface area contributed by atoms with Gasteiger partial charge in [-0.2, -0.15) is 0 Å². The molecule has 0 unspecified atom stereocenters. The van der Waals surface area contributed by atoms with Crippen LogP contribution in [0.3, 0.4) is 0 Å². The smallest absolute Gasteiger partial charge is 0.201 e. The second-order valence-electron chi connectivity index (χ2n) is 14.2. The first-order valence-electron chi connectivity index (χ1n) is 18.4. The molecule has 12 aromatic rings. The van der Waals surface area contributed by atoms with Crippen molar-refractivity contribution in [1.82, 2.24) is 9.13 Å². The molecule has 0 saturated heterocycles. The summed E-state index contributed by atoms with van der Waals surface area (Å²) < 4.78 is 17.7. The van der Waals surface area contributed by atoms with Crippen LogP contribution < -0.4 is 0 Å². The van der Waals surface area contributed by atoms with Gasteiger partial charge in [0.1, 0.15) is 22.3 Å². The van der Waals surface area contributed by atoms with Crippen molar-refractivity contribution in [2.75, 3.05) is 0 Å². The summed E-state index contributed by atoms with van der Waals surface area (Å²) in [7, 11) is 0. The van der Waals surface area contributed by atoms with Gasteiger partial charge < -0.3 is 18.0 Å². The number of hydrogen-bond donors (Lipinski definition) is 0. The van der Waals surface area contributed by atoms with Crippen LogP contribution in [0.2, 0.25) is 0 Å². The van der Waals surface area contributed by atoms with Gasteiger partial charge in [0.05, 0.1) is 57.4 Å². The zero-order valence-electron chi connectivity index (χ0n) is 29.6. The predicted molar refractivity (Wildman–Crippen MR) is 228 cm³/mol. The first kappa shape index (κ1) is 30.4. The molecule has 56 heavy (non-hydrogen) atoms. The van der Waals surface area contributed by atoms with Crippen LogP contribution >= 0.6 is 0 Å². The van der Waals surface area contributed by atoms with E-state index >= 15 is 0 Å². The molecule has 0 aliphatic carbocycles. The molecule has 6 heteroatoms. The minimum absolute atomic E-state index is 0.381. The largest absolute Gasteiger partial charge is 0.455 e. The van der Waals surface area contributed by atoms with Gasteiger partial charge in [0.15, 0.2) is 0 Å². The highest BCUT2D eigenvalue weighted by Crippen LogP contribution is 2.51. The number of aromatic nitrogens is 2. The first-order valence-corrected chi connectivity index (χ1v) is 18.4. The molecule has 0 fully saturated rings. The Morgan fingerprint density at radius 3 is 1.30 bits per heavy atom. The predicted octanol–water partition coefficient (Wildman–Crippen LogP) is 14.4. The van der Waals surface area contributed by atoms with Gasteiger partial charge in [0.25, 0.3) is 0 Å². The van der Waals surface area contributed by atoms with E-state index in [1.165, 1.54) is 0 Å². The summed E-state index contributed by atoms with van der Waals surface area (Å²) in [6, 6.07) is 53.3. The summed E-state index contributed by atoms with van der Waals surface area (Å²) in [4.78, 5) is 8.36. The maximum absolute atomic E-state index is 8.66. The van der Waals surface area contributed by atoms with Crippen molar-refractivity contribution in [3.63, 3.8) is 0 Å². The molecule has 0 N–H and O–H groups in total. The van der Waals surface area contributed by atoms with E-state index in [1.807, 2.05) is 78.9 Å². The van der Waals surface area contributed by atoms with E-state index in [2.05, 4.69) is 91.6 Å². The van der Waals surface area contributed by atoms with Crippen LogP contribution in [0.4, 0.5) is 11.4 Å². The fourth-order valence-electron chi connectivity index (χ4n) is 9.09. The summed E-state index contributed by atoms with van der Waals surface area (Å²) >= 11 is 0. The fourth-order valence-corrected chi connectivity index (χ4v) is 9.09. The number of furan rings is 2. The second-order valence-corrected chi connectivity index (χ2v) is 14.2. The normalized spacial score (nSPS) is 11.9. The zero-order chi connectivity index (χ0) is 37.1. The Morgan fingerprint density at radius 1 is 0.393 bits per heavy atom. The van der Waals surface area contributed by atoms with Gasteiger partial charge in [-0.3, -0.25) is 0 Å². The molecule has 4 aromatic heterocycles. The summed E-state index contributed by atoms with van der Waals surface area (Å²) in [6.07, 6.45) is 0. The maximum Gasteiger partial charge on any atom is 0.201 e. The van der Waals surface area contributed by atoms with Crippen molar-refractivity contribution in [2.24, 2.45) is 0 Å². The molecular formula is C50H26N4O2. The molecule has 8 aromatic carbocycles. The van der Waals surface area contributed by atoms with Crippen LogP contribution in [0.1, 0.15) is 0 Å². The molecular weight excluding hydrogens is 689 g/mol. The lowest BCUT2D eigenvalue weighted by molar-refractivity contribution is 0.672. The molecule has 0 amide bonds. The van der Waals surface area contributed by atoms with Gasteiger partial charge in [0.2, 0.25) is 11.4 Å². The van der Waals surface area contributed by atoms with Crippen molar-refractivity contribution in [3.8, 4) is 22.5 Å². The molecule has 0 aliphatic heterocycles. The van der Waals surface area contributed by atoms with Crippen LogP contribution in [-0.4, -0.2) is 9.13 Å². The Morgan fingerprint density at radius 2 is 0.821 bits per heavy atom. The number of rotatable bonds is 3. The van der Waals surface area contributed by atoms with E-state index in [4.69, 9.17) is 22.0 Å². The van der Waals surface area contributed by atoms with Crippen molar-refractivity contribution in [3.05, 3.63) is 181 Å². The molecule has 0 saturated carbocycles. The van der Waals surface area contributed by atoms with Crippen LogP contribution in [0, 0.1) is 13.1 Å². The summed E-state index contributed by atoms with van der Waals surface area (Å²) in [5, 5.41) is 8.17. The lowest BCUT2D eigenvalue weighted by Crippen LogP contribution is -2.04. The highest BCUT2D eigenvalue weighted by Gasteiger charge is 2.29. The minimum Gasteiger partial charge on any atom is -0.455 e. The number of nitrogens with zero attached hydrogens (tertiary/aromatic N) is 4. The Labute approximate surface area is 318 Å². The van der Waals surface area contributed by atoms with Gasteiger partial charge in [-0.15, -0.1) is 0 Å². The zero-order valence-corrected chi connectivity index (χ0v) is 29.6. The standard InChI is InChI=1S/C50H26N4O2/c1-51-36-28-37(52-2)48(54-39-21-11-7-19-35(39)46-41(54)27-25-33-31-17-9-13-23-43(31)56-50(33)46)44(29-14-4-3-5-15-29)47(36)53-38-20-10-6-18-34(38)45-40(53)26-24-32-30-16-8-12-22-42(30)55-49(32)45/h3-28H. The van der Waals surface area contributed by atoms with E-state index in [9.17, 15) is 0 Å². The van der Waals surface area contributed by atoms with Crippen molar-refractivity contribution in [2.45, 2.75) is 0 Å². The molecule has 0 bridgehead atoms. The fraction of sp³-hybridized carbons (Fsp3) is 0. The van der Waals surface area contributed by atoms with Gasteiger partial charge in [-0.05, 0) is 60.2 Å². The van der Waals surface area contributed by atoms with Crippen LogP contribution in [0.15, 0.2) is 167 Å². The highest BCUT2D eigenvalue weighted by atomic mass is 16.3. The van der Waals surface area contributed by atoms with Gasteiger partial charge in [0, 0.05) is 37.9 Å². The Bertz CT molecular complexity index is 3510. The molecule has 0 spiro atoms. The number of fused-ring (bicyclic) bond motifs is 14. The van der Waals surface area contributed by atoms with E-state index in [0.29, 0.717) is 22.7 Å². The summed E-state index contributed by atoms with van der Waals surface area (Å²) in [6.45, 7) is 17.3. The molecule has 0 atom stereocenters. The molecule has 12 rings (SSSR count). The lowest BCUT2D eigenvalue weighted by Gasteiger charge is -2.23. The average molecular weight is 715 g/mol. The monoisotopic (exact) mass is 714 g/mol. The third kappa shape index (κ3) is 3.92. The third-order valence-corrected chi connectivity index (χ3v) is 11.3. The minimum atomic E-state index is 0.381. The van der Waals surface area contributed by atoms with Crippen molar-refractivity contribution >= 4 is 98.9 Å². The van der Waals surface area contributed by atoms with Crippen molar-refractivity contribution in [1.29, 1.82) is 0 Å². The quantitative estimate of drug-likeness (QED) is 0.171. The summed E-state index contributed by atoms with van der Waals surface area (Å²) in [5.74, 6) is 0. The van der Waals surface area contributed by atoms with Crippen molar-refractivity contribution < 1.29 is 8.83 Å². The number of para-hydroxylation sites is 4. The number of benzene rings is 8. The van der Waals surface area contributed by atoms with Gasteiger partial charge in [-0.25, -0.2) is 9.69 Å². The van der Waals surface area contributed by atoms with E-state index < -0.39 is 0 Å². The lowest BCUT2D eigenvalue weighted by atomic mass is 9.97. The Balaban J connectivity index is 1.30. The Hall–Kier alpha value is -8.06. The molecule has 6 nitrogen and oxygen atoms in total. The topological polar surface area (TPSA) is 44.9 Å². The van der Waals surface area contributed by atoms with Gasteiger partial charge in [-0.1, -0.05) is 103 Å². The molecule has 4 heterocycles. The Kier molecular flexibility index (Phi) is 6.10. The van der Waals surface area contributed by atoms with E-state index in [1.54, 1.807) is 6.07 Å². The van der Waals surface area contributed by atoms with Gasteiger partial charge >= 0.3 is 0 Å². The highest BCUT2D eigenvalue weighted by molar-refractivity contribution is 6.26. The van der Waals surface area contributed by atoms with Crippen LogP contribution in [0.5, 0.6) is 0 Å². The number of hydrogen-bond acceptors (Lipinski definition) is 2. The van der Waals surface area contributed by atoms with Crippen LogP contribution in [0.25, 0.3) is 120 Å². The van der Waals surface area contributed by atoms with E-state index in [-0.39, 0.29) is 0 Å². The first-order chi connectivity index (χ1) is 27.7. The average Bonchev–Trinajstić information content (AvgIpc) is 4.00. The van der Waals surface area contributed by atoms with Crippen LogP contribution in [-0.2, 0) is 0 Å². The molecule has 0 radical (unpaired) electrons. The summed E-state index contributed by atoms with van der Waals surface area (Å²) in [5.41, 5.74) is 10.8. The maximum atomic E-state index is 8.66. The van der Waals surface area contributed by atoms with E-state index in [0.717, 1.165) is 98.6 Å². The molecule has 258 valence electrons. The molecule has 0 aliphatic rings. The SMILES string of the molecule is [C-]#[N+]c1cc([N+]#[C-])c(-n2c3ccccc3c3c4oc5ccccc5c4ccc32)c(-c2ccccc2)c1-n1c2ccccc2c2c3oc4ccccc4c3ccc21. The second kappa shape index (κ2) is 11.2. The third-order valence-electron chi connectivity index (χ3n) is 11.3.